The molecule has 0 aliphatic heterocycles. The summed E-state index contributed by atoms with van der Waals surface area (Å²) in [5.41, 5.74) is 1.62. The van der Waals surface area contributed by atoms with Gasteiger partial charge in [0.15, 0.2) is 11.5 Å². The van der Waals surface area contributed by atoms with Crippen molar-refractivity contribution in [3.63, 3.8) is 0 Å². The molecule has 4 aromatic rings. The molecule has 9 nitrogen and oxygen atoms in total. The minimum atomic E-state index is -4.34. The van der Waals surface area contributed by atoms with E-state index in [0.29, 0.717) is 11.3 Å². The second kappa shape index (κ2) is 15.4. The minimum absolute atomic E-state index is 0.0683. The van der Waals surface area contributed by atoms with Crippen LogP contribution in [0.3, 0.4) is 0 Å². The summed E-state index contributed by atoms with van der Waals surface area (Å²) in [5, 5.41) is 2.91. The number of hydrogen-bond donors (Lipinski definition) is 1. The van der Waals surface area contributed by atoms with Crippen LogP contribution < -0.4 is 19.1 Å². The van der Waals surface area contributed by atoms with Crippen molar-refractivity contribution in [1.82, 2.24) is 10.2 Å². The molecule has 0 aromatic heterocycles. The largest absolute Gasteiger partial charge is 0.493 e. The summed E-state index contributed by atoms with van der Waals surface area (Å²) in [6, 6.07) is 26.1. The smallest absolute Gasteiger partial charge is 0.264 e. The highest BCUT2D eigenvalue weighted by Gasteiger charge is 2.35. The molecular formula is C35H38FN3O6S. The fourth-order valence-electron chi connectivity index (χ4n) is 4.95. The van der Waals surface area contributed by atoms with Gasteiger partial charge in [-0.25, -0.2) is 12.8 Å². The molecule has 4 rings (SSSR count). The maximum atomic E-state index is 14.4. The molecule has 4 aromatic carbocycles. The molecule has 0 unspecified atom stereocenters. The molecule has 0 saturated heterocycles. The van der Waals surface area contributed by atoms with Crippen molar-refractivity contribution in [1.29, 1.82) is 0 Å². The molecule has 0 aliphatic carbocycles. The van der Waals surface area contributed by atoms with E-state index in [1.807, 2.05) is 44.2 Å². The van der Waals surface area contributed by atoms with Crippen molar-refractivity contribution in [2.45, 2.75) is 43.8 Å². The Morgan fingerprint density at radius 3 is 2.00 bits per heavy atom. The van der Waals surface area contributed by atoms with E-state index in [9.17, 15) is 22.4 Å². The van der Waals surface area contributed by atoms with Gasteiger partial charge in [0.2, 0.25) is 11.8 Å². The lowest BCUT2D eigenvalue weighted by atomic mass is 10.0. The Balaban J connectivity index is 1.80. The summed E-state index contributed by atoms with van der Waals surface area (Å²) in [5.74, 6) is -0.931. The monoisotopic (exact) mass is 647 g/mol. The number of sulfonamides is 1. The van der Waals surface area contributed by atoms with Crippen LogP contribution in [0.2, 0.25) is 0 Å². The van der Waals surface area contributed by atoms with Gasteiger partial charge in [0.05, 0.1) is 24.8 Å². The zero-order chi connectivity index (χ0) is 33.3. The Labute approximate surface area is 269 Å². The molecule has 46 heavy (non-hydrogen) atoms. The Morgan fingerprint density at radius 2 is 1.41 bits per heavy atom. The van der Waals surface area contributed by atoms with Crippen LogP contribution in [-0.2, 0) is 32.6 Å². The van der Waals surface area contributed by atoms with E-state index in [-0.39, 0.29) is 35.3 Å². The summed E-state index contributed by atoms with van der Waals surface area (Å²) in [7, 11) is -1.50. The van der Waals surface area contributed by atoms with Crippen LogP contribution in [-0.4, -0.2) is 58.0 Å². The molecule has 0 bridgehead atoms. The van der Waals surface area contributed by atoms with Gasteiger partial charge in [0.1, 0.15) is 18.4 Å². The van der Waals surface area contributed by atoms with Gasteiger partial charge in [-0.3, -0.25) is 13.9 Å². The maximum absolute atomic E-state index is 14.4. The van der Waals surface area contributed by atoms with E-state index in [0.717, 1.165) is 9.87 Å². The standard InChI is InChI=1S/C35H38FN3O6S/c1-25(2)37-35(41)31(21-26-11-7-5-8-12-26)38(23-27-15-17-28(36)18-16-27)34(40)24-39(29-13-9-6-10-14-29)46(42,43)30-19-20-32(44-3)33(22-30)45-4/h5-20,22,25,31H,21,23-24H2,1-4H3,(H,37,41)/t31-/m1/s1. The van der Waals surface area contributed by atoms with Crippen LogP contribution in [0.5, 0.6) is 11.5 Å². The molecule has 11 heteroatoms. The van der Waals surface area contributed by atoms with E-state index in [4.69, 9.17) is 9.47 Å². The highest BCUT2D eigenvalue weighted by molar-refractivity contribution is 7.92. The number of ether oxygens (including phenoxy) is 2. The third-order valence-corrected chi connectivity index (χ3v) is 9.00. The van der Waals surface area contributed by atoms with Gasteiger partial charge in [-0.2, -0.15) is 0 Å². The minimum Gasteiger partial charge on any atom is -0.493 e. The Kier molecular flexibility index (Phi) is 11.4. The van der Waals surface area contributed by atoms with Gasteiger partial charge in [-0.05, 0) is 61.4 Å². The molecule has 2 amide bonds. The van der Waals surface area contributed by atoms with Crippen molar-refractivity contribution in [2.75, 3.05) is 25.1 Å². The topological polar surface area (TPSA) is 105 Å². The second-order valence-corrected chi connectivity index (χ2v) is 12.7. The molecule has 0 heterocycles. The first-order valence-electron chi connectivity index (χ1n) is 14.7. The van der Waals surface area contributed by atoms with Crippen LogP contribution in [0.1, 0.15) is 25.0 Å². The van der Waals surface area contributed by atoms with Crippen molar-refractivity contribution in [3.8, 4) is 11.5 Å². The van der Waals surface area contributed by atoms with Crippen molar-refractivity contribution >= 4 is 27.5 Å². The quantitative estimate of drug-likeness (QED) is 0.202. The van der Waals surface area contributed by atoms with Crippen LogP contribution in [0.4, 0.5) is 10.1 Å². The lowest BCUT2D eigenvalue weighted by Crippen LogP contribution is -2.54. The van der Waals surface area contributed by atoms with Crippen molar-refractivity contribution < 1.29 is 31.9 Å². The Bertz CT molecular complexity index is 1720. The van der Waals surface area contributed by atoms with Crippen LogP contribution in [0.25, 0.3) is 0 Å². The average molecular weight is 648 g/mol. The summed E-state index contributed by atoms with van der Waals surface area (Å²) in [4.78, 5) is 29.4. The van der Waals surface area contributed by atoms with Gasteiger partial charge < -0.3 is 19.7 Å². The van der Waals surface area contributed by atoms with E-state index in [1.54, 1.807) is 30.3 Å². The number of carbonyl (C=O) groups excluding carboxylic acids is 2. The molecule has 0 aliphatic rings. The number of anilines is 1. The first kappa shape index (κ1) is 34.0. The lowest BCUT2D eigenvalue weighted by molar-refractivity contribution is -0.140. The van der Waals surface area contributed by atoms with E-state index in [1.165, 1.54) is 61.6 Å². The number of rotatable bonds is 14. The lowest BCUT2D eigenvalue weighted by Gasteiger charge is -2.34. The first-order chi connectivity index (χ1) is 22.0. The zero-order valence-corrected chi connectivity index (χ0v) is 27.0. The zero-order valence-electron chi connectivity index (χ0n) is 26.2. The molecule has 242 valence electrons. The number of methoxy groups -OCH3 is 2. The first-order valence-corrected chi connectivity index (χ1v) is 16.2. The average Bonchev–Trinajstić information content (AvgIpc) is 3.06. The molecular weight excluding hydrogens is 609 g/mol. The SMILES string of the molecule is COc1ccc(S(=O)(=O)N(CC(=O)N(Cc2ccc(F)cc2)[C@H](Cc2ccccc2)C(=O)NC(C)C)c2ccccc2)cc1OC. The normalized spacial score (nSPS) is 11.9. The summed E-state index contributed by atoms with van der Waals surface area (Å²) >= 11 is 0. The summed E-state index contributed by atoms with van der Waals surface area (Å²) in [6.07, 6.45) is 0.167. The van der Waals surface area contributed by atoms with Crippen molar-refractivity contribution in [2.24, 2.45) is 0 Å². The van der Waals surface area contributed by atoms with Crippen LogP contribution in [0.15, 0.2) is 108 Å². The molecule has 0 spiro atoms. The van der Waals surface area contributed by atoms with Gasteiger partial charge in [0.25, 0.3) is 10.0 Å². The number of amides is 2. The summed E-state index contributed by atoms with van der Waals surface area (Å²) < 4.78 is 53.9. The Morgan fingerprint density at radius 1 is 0.804 bits per heavy atom. The highest BCUT2D eigenvalue weighted by atomic mass is 32.2. The summed E-state index contributed by atoms with van der Waals surface area (Å²) in [6.45, 7) is 2.94. The third kappa shape index (κ3) is 8.42. The van der Waals surface area contributed by atoms with Crippen LogP contribution in [0, 0.1) is 5.82 Å². The predicted molar refractivity (Wildman–Crippen MR) is 175 cm³/mol. The van der Waals surface area contributed by atoms with Gasteiger partial charge in [-0.15, -0.1) is 0 Å². The highest BCUT2D eigenvalue weighted by Crippen LogP contribution is 2.32. The number of halogens is 1. The Hall–Kier alpha value is -4.90. The van der Waals surface area contributed by atoms with Gasteiger partial charge in [-0.1, -0.05) is 60.7 Å². The number of benzene rings is 4. The number of nitrogens with zero attached hydrogens (tertiary/aromatic N) is 2. The number of hydrogen-bond acceptors (Lipinski definition) is 6. The fraction of sp³-hybridized carbons (Fsp3) is 0.257. The van der Waals surface area contributed by atoms with E-state index >= 15 is 0 Å². The predicted octanol–water partition coefficient (Wildman–Crippen LogP) is 5.20. The third-order valence-electron chi connectivity index (χ3n) is 7.23. The van der Waals surface area contributed by atoms with E-state index < -0.39 is 40.2 Å². The molecule has 0 radical (unpaired) electrons. The molecule has 0 saturated carbocycles. The van der Waals surface area contributed by atoms with Gasteiger partial charge >= 0.3 is 0 Å². The van der Waals surface area contributed by atoms with E-state index in [2.05, 4.69) is 5.32 Å². The second-order valence-electron chi connectivity index (χ2n) is 10.9. The molecule has 1 atom stereocenters. The maximum Gasteiger partial charge on any atom is 0.264 e. The number of para-hydroxylation sites is 1. The number of carbonyl (C=O) groups is 2. The van der Waals surface area contributed by atoms with Crippen molar-refractivity contribution in [3.05, 3.63) is 120 Å². The molecule has 1 N–H and O–H groups in total. The number of nitrogens with one attached hydrogen (secondary N) is 1. The fourth-order valence-corrected chi connectivity index (χ4v) is 6.38. The van der Waals surface area contributed by atoms with Crippen LogP contribution >= 0.6 is 0 Å². The van der Waals surface area contributed by atoms with Gasteiger partial charge in [0, 0.05) is 25.1 Å². The molecule has 0 fully saturated rings.